The van der Waals surface area contributed by atoms with Crippen LogP contribution in [0.25, 0.3) is 0 Å². The number of aryl methyl sites for hydroxylation is 1. The number of rotatable bonds is 10. The van der Waals surface area contributed by atoms with Gasteiger partial charge in [0.1, 0.15) is 0 Å². The lowest BCUT2D eigenvalue weighted by molar-refractivity contribution is -0.123. The van der Waals surface area contributed by atoms with E-state index in [0.29, 0.717) is 13.1 Å². The molecule has 1 aliphatic rings. The van der Waals surface area contributed by atoms with Crippen LogP contribution >= 0.6 is 11.8 Å². The summed E-state index contributed by atoms with van der Waals surface area (Å²) < 4.78 is 0. The Morgan fingerprint density at radius 1 is 1.03 bits per heavy atom. The van der Waals surface area contributed by atoms with E-state index >= 15 is 0 Å². The summed E-state index contributed by atoms with van der Waals surface area (Å²) in [7, 11) is 0. The van der Waals surface area contributed by atoms with Crippen molar-refractivity contribution in [1.29, 1.82) is 0 Å². The van der Waals surface area contributed by atoms with Gasteiger partial charge in [-0.2, -0.15) is 0 Å². The smallest absolute Gasteiger partial charge is 0.234 e. The fourth-order valence-corrected chi connectivity index (χ4v) is 3.73. The van der Waals surface area contributed by atoms with E-state index < -0.39 is 0 Å². The molecule has 2 rings (SSSR count). The summed E-state index contributed by atoms with van der Waals surface area (Å²) in [5.74, 6) is 0.418. The Hall–Kier alpha value is -2.06. The zero-order chi connectivity index (χ0) is 21.1. The van der Waals surface area contributed by atoms with Gasteiger partial charge in [-0.05, 0) is 38.3 Å². The molecular weight excluding hydrogens is 388 g/mol. The normalized spacial score (nSPS) is 15.0. The molecule has 0 aromatic heterocycles. The second-order valence-electron chi connectivity index (χ2n) is 7.37. The van der Waals surface area contributed by atoms with Crippen molar-refractivity contribution in [3.05, 3.63) is 29.8 Å². The van der Waals surface area contributed by atoms with Crippen LogP contribution in [0, 0.1) is 6.92 Å². The average molecular weight is 421 g/mol. The predicted molar refractivity (Wildman–Crippen MR) is 118 cm³/mol. The van der Waals surface area contributed by atoms with E-state index in [1.807, 2.05) is 38.1 Å². The highest BCUT2D eigenvalue weighted by molar-refractivity contribution is 8.00. The number of anilines is 1. The predicted octanol–water partition coefficient (Wildman–Crippen LogP) is 1.77. The molecule has 0 spiro atoms. The van der Waals surface area contributed by atoms with Crippen molar-refractivity contribution >= 4 is 35.2 Å². The van der Waals surface area contributed by atoms with Gasteiger partial charge in [-0.1, -0.05) is 24.6 Å². The van der Waals surface area contributed by atoms with Crippen molar-refractivity contribution in [2.75, 3.05) is 43.0 Å². The van der Waals surface area contributed by atoms with Crippen LogP contribution in [0.2, 0.25) is 0 Å². The lowest BCUT2D eigenvalue weighted by atomic mass is 10.1. The number of nitrogens with zero attached hydrogens (tertiary/aromatic N) is 1. The third-order valence-corrected chi connectivity index (χ3v) is 5.63. The van der Waals surface area contributed by atoms with Crippen molar-refractivity contribution < 1.29 is 14.4 Å². The van der Waals surface area contributed by atoms with Crippen molar-refractivity contribution in [2.24, 2.45) is 0 Å². The number of amides is 3. The standard InChI is InChI=1S/C21H32N4O3S/c1-3-10-22-19(26)13-25-11-8-18(9-12-25)24-21(28)15-29-14-20(27)23-17-6-4-16(2)5-7-17/h4-7,18H,3,8-15H2,1-2H3,(H,22,26)(H,23,27)(H,24,28). The van der Waals surface area contributed by atoms with E-state index in [0.717, 1.165) is 43.6 Å². The van der Waals surface area contributed by atoms with Gasteiger partial charge in [-0.3, -0.25) is 19.3 Å². The fourth-order valence-electron chi connectivity index (χ4n) is 3.10. The lowest BCUT2D eigenvalue weighted by Crippen LogP contribution is -2.47. The number of hydrogen-bond acceptors (Lipinski definition) is 5. The summed E-state index contributed by atoms with van der Waals surface area (Å²) in [6, 6.07) is 7.76. The summed E-state index contributed by atoms with van der Waals surface area (Å²) in [6.07, 6.45) is 2.61. The molecule has 0 aliphatic carbocycles. The topological polar surface area (TPSA) is 90.5 Å². The summed E-state index contributed by atoms with van der Waals surface area (Å²) in [4.78, 5) is 38.0. The Kier molecular flexibility index (Phi) is 10.0. The average Bonchev–Trinajstić information content (AvgIpc) is 2.69. The first-order valence-corrected chi connectivity index (χ1v) is 11.3. The summed E-state index contributed by atoms with van der Waals surface area (Å²) in [5, 5.41) is 8.75. The molecule has 7 nitrogen and oxygen atoms in total. The molecule has 0 radical (unpaired) electrons. The van der Waals surface area contributed by atoms with E-state index in [1.165, 1.54) is 11.8 Å². The second-order valence-corrected chi connectivity index (χ2v) is 8.36. The van der Waals surface area contributed by atoms with Gasteiger partial charge < -0.3 is 16.0 Å². The second kappa shape index (κ2) is 12.5. The minimum Gasteiger partial charge on any atom is -0.355 e. The maximum atomic E-state index is 12.1. The fraction of sp³-hybridized carbons (Fsp3) is 0.571. The molecule has 160 valence electrons. The summed E-state index contributed by atoms with van der Waals surface area (Å²) in [6.45, 7) is 6.77. The molecule has 1 fully saturated rings. The van der Waals surface area contributed by atoms with E-state index in [4.69, 9.17) is 0 Å². The van der Waals surface area contributed by atoms with E-state index in [9.17, 15) is 14.4 Å². The minimum absolute atomic E-state index is 0.0442. The van der Waals surface area contributed by atoms with Gasteiger partial charge in [0.15, 0.2) is 0 Å². The molecule has 1 aromatic carbocycles. The molecule has 3 amide bonds. The van der Waals surface area contributed by atoms with Crippen molar-refractivity contribution in [3.63, 3.8) is 0 Å². The minimum atomic E-state index is -0.110. The Bertz CT molecular complexity index is 673. The molecule has 3 N–H and O–H groups in total. The highest BCUT2D eigenvalue weighted by Crippen LogP contribution is 2.12. The number of thioether (sulfide) groups is 1. The molecule has 1 aliphatic heterocycles. The molecule has 0 bridgehead atoms. The summed E-state index contributed by atoms with van der Waals surface area (Å²) in [5.41, 5.74) is 1.90. The van der Waals surface area contributed by atoms with Crippen LogP contribution in [0.1, 0.15) is 31.7 Å². The molecule has 29 heavy (non-hydrogen) atoms. The zero-order valence-corrected chi connectivity index (χ0v) is 18.1. The van der Waals surface area contributed by atoms with E-state index in [2.05, 4.69) is 20.9 Å². The Morgan fingerprint density at radius 3 is 2.34 bits per heavy atom. The van der Waals surface area contributed by atoms with Crippen molar-refractivity contribution in [2.45, 2.75) is 39.2 Å². The quantitative estimate of drug-likeness (QED) is 0.537. The maximum Gasteiger partial charge on any atom is 0.234 e. The molecule has 1 saturated heterocycles. The van der Waals surface area contributed by atoms with Crippen molar-refractivity contribution in [3.8, 4) is 0 Å². The van der Waals surface area contributed by atoms with E-state index in [-0.39, 0.29) is 35.3 Å². The number of benzene rings is 1. The zero-order valence-electron chi connectivity index (χ0n) is 17.3. The first-order chi connectivity index (χ1) is 14.0. The number of nitrogens with one attached hydrogen (secondary N) is 3. The molecule has 0 unspecified atom stereocenters. The van der Waals surface area contributed by atoms with Crippen molar-refractivity contribution in [1.82, 2.24) is 15.5 Å². The first-order valence-electron chi connectivity index (χ1n) is 10.2. The third-order valence-electron chi connectivity index (χ3n) is 4.69. The van der Waals surface area contributed by atoms with Gasteiger partial charge in [0.2, 0.25) is 17.7 Å². The van der Waals surface area contributed by atoms with Crippen LogP contribution in [0.4, 0.5) is 5.69 Å². The molecular formula is C21H32N4O3S. The van der Waals surface area contributed by atoms with Gasteiger partial charge in [-0.25, -0.2) is 0 Å². The Balaban J connectivity index is 1.57. The summed E-state index contributed by atoms with van der Waals surface area (Å²) >= 11 is 1.31. The number of carbonyl (C=O) groups excluding carboxylic acids is 3. The lowest BCUT2D eigenvalue weighted by Gasteiger charge is -2.31. The van der Waals surface area contributed by atoms with Gasteiger partial charge >= 0.3 is 0 Å². The van der Waals surface area contributed by atoms with Gasteiger partial charge in [0, 0.05) is 31.4 Å². The van der Waals surface area contributed by atoms with Crippen LogP contribution in [0.5, 0.6) is 0 Å². The number of hydrogen-bond donors (Lipinski definition) is 3. The number of likely N-dealkylation sites (tertiary alicyclic amines) is 1. The van der Waals surface area contributed by atoms with Crippen LogP contribution in [-0.4, -0.2) is 66.3 Å². The van der Waals surface area contributed by atoms with Gasteiger partial charge in [0.05, 0.1) is 18.1 Å². The highest BCUT2D eigenvalue weighted by Gasteiger charge is 2.22. The molecule has 0 atom stereocenters. The third kappa shape index (κ3) is 9.32. The number of piperidine rings is 1. The monoisotopic (exact) mass is 420 g/mol. The molecule has 1 aromatic rings. The van der Waals surface area contributed by atoms with Gasteiger partial charge in [-0.15, -0.1) is 11.8 Å². The SMILES string of the molecule is CCCNC(=O)CN1CCC(NC(=O)CSCC(=O)Nc2ccc(C)cc2)CC1. The maximum absolute atomic E-state index is 12.1. The van der Waals surface area contributed by atoms with Crippen LogP contribution in [0.3, 0.4) is 0 Å². The molecule has 1 heterocycles. The first kappa shape index (κ1) is 23.2. The highest BCUT2D eigenvalue weighted by atomic mass is 32.2. The largest absolute Gasteiger partial charge is 0.355 e. The molecule has 0 saturated carbocycles. The number of carbonyl (C=O) groups is 3. The van der Waals surface area contributed by atoms with E-state index in [1.54, 1.807) is 0 Å². The Labute approximate surface area is 177 Å². The Morgan fingerprint density at radius 2 is 1.69 bits per heavy atom. The van der Waals surface area contributed by atoms with Crippen LogP contribution < -0.4 is 16.0 Å². The van der Waals surface area contributed by atoms with Crippen LogP contribution in [-0.2, 0) is 14.4 Å². The van der Waals surface area contributed by atoms with Crippen LogP contribution in [0.15, 0.2) is 24.3 Å². The van der Waals surface area contributed by atoms with Gasteiger partial charge in [0.25, 0.3) is 0 Å². The molecule has 8 heteroatoms.